The third-order valence-corrected chi connectivity index (χ3v) is 7.07. The number of unbranched alkanes of at least 4 members (excludes halogenated alkanes) is 2. The molecule has 28 heavy (non-hydrogen) atoms. The minimum absolute atomic E-state index is 0.0503. The summed E-state index contributed by atoms with van der Waals surface area (Å²) in [5.41, 5.74) is -0.973. The van der Waals surface area contributed by atoms with Crippen molar-refractivity contribution in [1.29, 1.82) is 0 Å². The molecule has 0 radical (unpaired) electrons. The molecule has 0 rings (SSSR count). The van der Waals surface area contributed by atoms with Crippen LogP contribution in [0.3, 0.4) is 0 Å². The average Bonchev–Trinajstić information content (AvgIpc) is 2.72. The van der Waals surface area contributed by atoms with Crippen molar-refractivity contribution in [2.45, 2.75) is 80.1 Å². The first kappa shape index (κ1) is 26.3. The Balaban J connectivity index is 4.95. The molecule has 0 amide bonds. The minimum Gasteiger partial charge on any atom is -0.463 e. The first-order chi connectivity index (χ1) is 13.0. The van der Waals surface area contributed by atoms with E-state index in [0.717, 1.165) is 38.2 Å². The molecule has 0 aromatic carbocycles. The van der Waals surface area contributed by atoms with Crippen LogP contribution in [0.4, 0.5) is 0 Å². The SMILES string of the molecule is C=CC(=O)OCCCCCC(=O)C(C)(CC)C(C)C(C)C(C)(CC)C(=O)C=C. The van der Waals surface area contributed by atoms with Gasteiger partial charge in [-0.25, -0.2) is 4.79 Å². The summed E-state index contributed by atoms with van der Waals surface area (Å²) in [5, 5.41) is 0. The highest BCUT2D eigenvalue weighted by Gasteiger charge is 2.46. The molecule has 0 aliphatic carbocycles. The van der Waals surface area contributed by atoms with Crippen LogP contribution in [-0.2, 0) is 19.1 Å². The average molecular weight is 393 g/mol. The molecular weight excluding hydrogens is 352 g/mol. The van der Waals surface area contributed by atoms with Crippen molar-refractivity contribution in [3.8, 4) is 0 Å². The molecule has 4 nitrogen and oxygen atoms in total. The topological polar surface area (TPSA) is 60.4 Å². The summed E-state index contributed by atoms with van der Waals surface area (Å²) < 4.78 is 4.96. The molecule has 160 valence electrons. The summed E-state index contributed by atoms with van der Waals surface area (Å²) in [6, 6.07) is 0. The van der Waals surface area contributed by atoms with Crippen LogP contribution in [0.25, 0.3) is 0 Å². The fraction of sp³-hybridized carbons (Fsp3) is 0.708. The summed E-state index contributed by atoms with van der Waals surface area (Å²) in [5.74, 6) is 0.0318. The van der Waals surface area contributed by atoms with Crippen molar-refractivity contribution in [2.24, 2.45) is 22.7 Å². The lowest BCUT2D eigenvalue weighted by molar-refractivity contribution is -0.138. The van der Waals surface area contributed by atoms with Gasteiger partial charge in [0.25, 0.3) is 0 Å². The van der Waals surface area contributed by atoms with Crippen LogP contribution in [0, 0.1) is 22.7 Å². The third-order valence-electron chi connectivity index (χ3n) is 7.07. The smallest absolute Gasteiger partial charge is 0.330 e. The monoisotopic (exact) mass is 392 g/mol. The number of ketones is 2. The molecule has 0 bridgehead atoms. The fourth-order valence-corrected chi connectivity index (χ4v) is 3.91. The predicted molar refractivity (Wildman–Crippen MR) is 115 cm³/mol. The van der Waals surface area contributed by atoms with Crippen LogP contribution < -0.4 is 0 Å². The highest BCUT2D eigenvalue weighted by molar-refractivity contribution is 5.94. The number of carbonyl (C=O) groups excluding carboxylic acids is 3. The number of Topliss-reactive ketones (excluding diaryl/α,β-unsaturated/α-hetero) is 1. The summed E-state index contributed by atoms with van der Waals surface area (Å²) in [6.07, 6.45) is 6.89. The van der Waals surface area contributed by atoms with E-state index in [0.29, 0.717) is 13.0 Å². The maximum absolute atomic E-state index is 13.1. The van der Waals surface area contributed by atoms with Gasteiger partial charge in [-0.05, 0) is 50.0 Å². The molecule has 4 unspecified atom stereocenters. The quantitative estimate of drug-likeness (QED) is 0.204. The molecule has 0 aliphatic rings. The second-order valence-corrected chi connectivity index (χ2v) is 8.29. The predicted octanol–water partition coefficient (Wildman–Crippen LogP) is 5.71. The number of esters is 1. The zero-order chi connectivity index (χ0) is 22.0. The number of rotatable bonds is 15. The Labute approximate surface area is 171 Å². The molecule has 0 spiro atoms. The van der Waals surface area contributed by atoms with Crippen molar-refractivity contribution in [1.82, 2.24) is 0 Å². The van der Waals surface area contributed by atoms with E-state index in [1.807, 2.05) is 20.8 Å². The molecule has 4 heteroatoms. The lowest BCUT2D eigenvalue weighted by Crippen LogP contribution is -2.45. The van der Waals surface area contributed by atoms with Crippen molar-refractivity contribution in [2.75, 3.05) is 6.61 Å². The Kier molecular flexibility index (Phi) is 11.2. The van der Waals surface area contributed by atoms with Gasteiger partial charge in [0.2, 0.25) is 0 Å². The molecule has 4 atom stereocenters. The van der Waals surface area contributed by atoms with E-state index in [2.05, 4.69) is 33.9 Å². The first-order valence-electron chi connectivity index (χ1n) is 10.5. The molecule has 0 aliphatic heterocycles. The lowest BCUT2D eigenvalue weighted by Gasteiger charge is -2.44. The fourth-order valence-electron chi connectivity index (χ4n) is 3.91. The van der Waals surface area contributed by atoms with Gasteiger partial charge in [0.15, 0.2) is 5.78 Å². The third kappa shape index (κ3) is 6.42. The van der Waals surface area contributed by atoms with E-state index in [1.165, 1.54) is 6.08 Å². The maximum Gasteiger partial charge on any atom is 0.330 e. The second-order valence-electron chi connectivity index (χ2n) is 8.29. The van der Waals surface area contributed by atoms with Gasteiger partial charge < -0.3 is 4.74 Å². The van der Waals surface area contributed by atoms with Crippen LogP contribution in [0.5, 0.6) is 0 Å². The van der Waals surface area contributed by atoms with E-state index in [9.17, 15) is 14.4 Å². The van der Waals surface area contributed by atoms with E-state index < -0.39 is 16.8 Å². The van der Waals surface area contributed by atoms with Crippen LogP contribution >= 0.6 is 0 Å². The molecule has 0 fully saturated rings. The van der Waals surface area contributed by atoms with Gasteiger partial charge in [-0.15, -0.1) is 0 Å². The number of hydrogen-bond acceptors (Lipinski definition) is 4. The Morgan fingerprint density at radius 1 is 0.893 bits per heavy atom. The Hall–Kier alpha value is -1.71. The zero-order valence-corrected chi connectivity index (χ0v) is 18.8. The van der Waals surface area contributed by atoms with E-state index in [-0.39, 0.29) is 23.4 Å². The maximum atomic E-state index is 13.1. The summed E-state index contributed by atoms with van der Waals surface area (Å²) in [7, 11) is 0. The molecular formula is C24H40O4. The molecule has 0 saturated heterocycles. The lowest BCUT2D eigenvalue weighted by atomic mass is 9.58. The summed E-state index contributed by atoms with van der Waals surface area (Å²) >= 11 is 0. The van der Waals surface area contributed by atoms with Gasteiger partial charge in [-0.3, -0.25) is 9.59 Å². The van der Waals surface area contributed by atoms with Gasteiger partial charge in [-0.1, -0.05) is 54.7 Å². The Bertz CT molecular complexity index is 565. The summed E-state index contributed by atoms with van der Waals surface area (Å²) in [6.45, 7) is 19.7. The van der Waals surface area contributed by atoms with Crippen LogP contribution in [-0.4, -0.2) is 24.1 Å². The first-order valence-corrected chi connectivity index (χ1v) is 10.5. The van der Waals surface area contributed by atoms with Gasteiger partial charge in [0.05, 0.1) is 6.61 Å². The van der Waals surface area contributed by atoms with Gasteiger partial charge >= 0.3 is 5.97 Å². The van der Waals surface area contributed by atoms with Gasteiger partial charge in [0, 0.05) is 23.3 Å². The van der Waals surface area contributed by atoms with Gasteiger partial charge in [0.1, 0.15) is 5.78 Å². The highest BCUT2D eigenvalue weighted by atomic mass is 16.5. The largest absolute Gasteiger partial charge is 0.463 e. The normalized spacial score (nSPS) is 17.5. The van der Waals surface area contributed by atoms with Crippen molar-refractivity contribution in [3.05, 3.63) is 25.3 Å². The number of allylic oxidation sites excluding steroid dienone is 1. The van der Waals surface area contributed by atoms with Crippen molar-refractivity contribution >= 4 is 17.5 Å². The Morgan fingerprint density at radius 2 is 1.43 bits per heavy atom. The van der Waals surface area contributed by atoms with Crippen LogP contribution in [0.1, 0.15) is 80.1 Å². The van der Waals surface area contributed by atoms with Gasteiger partial charge in [-0.2, -0.15) is 0 Å². The standard InChI is InChI=1S/C24H40O4/c1-9-20(25)23(7,11-3)18(5)19(6)24(8,12-4)21(26)16-14-13-15-17-28-22(27)10-2/h9-10,18-19H,1-2,11-17H2,3-8H3. The molecule has 0 saturated carbocycles. The highest BCUT2D eigenvalue weighted by Crippen LogP contribution is 2.46. The molecule has 0 aromatic heterocycles. The number of carbonyl (C=O) groups is 3. The summed E-state index contributed by atoms with van der Waals surface area (Å²) in [4.78, 5) is 36.6. The minimum atomic E-state index is -0.507. The van der Waals surface area contributed by atoms with E-state index >= 15 is 0 Å². The van der Waals surface area contributed by atoms with Crippen molar-refractivity contribution in [3.63, 3.8) is 0 Å². The van der Waals surface area contributed by atoms with E-state index in [4.69, 9.17) is 4.74 Å². The Morgan fingerprint density at radius 3 is 1.89 bits per heavy atom. The molecule has 0 heterocycles. The second kappa shape index (κ2) is 12.0. The van der Waals surface area contributed by atoms with Crippen LogP contribution in [0.15, 0.2) is 25.3 Å². The zero-order valence-electron chi connectivity index (χ0n) is 18.8. The number of hydrogen-bond donors (Lipinski definition) is 0. The van der Waals surface area contributed by atoms with E-state index in [1.54, 1.807) is 0 Å². The van der Waals surface area contributed by atoms with Crippen molar-refractivity contribution < 1.29 is 19.1 Å². The van der Waals surface area contributed by atoms with Crippen LogP contribution in [0.2, 0.25) is 0 Å². The molecule has 0 N–H and O–H groups in total. The molecule has 0 aromatic rings. The number of ether oxygens (including phenoxy) is 1.